The molecule has 0 saturated carbocycles. The molecule has 5 heteroatoms. The molecule has 2 saturated heterocycles. The fourth-order valence-electron chi connectivity index (χ4n) is 3.93. The van der Waals surface area contributed by atoms with E-state index in [2.05, 4.69) is 45.0 Å². The van der Waals surface area contributed by atoms with Crippen LogP contribution in [0.1, 0.15) is 23.6 Å². The highest BCUT2D eigenvalue weighted by Crippen LogP contribution is 2.35. The summed E-state index contributed by atoms with van der Waals surface area (Å²) in [6.45, 7) is 3.18. The highest BCUT2D eigenvalue weighted by atomic mass is 16.5. The van der Waals surface area contributed by atoms with E-state index in [0.717, 1.165) is 25.4 Å². The van der Waals surface area contributed by atoms with Crippen LogP contribution in [0, 0.1) is 5.92 Å². The van der Waals surface area contributed by atoms with Crippen LogP contribution in [0.4, 0.5) is 0 Å². The largest absolute Gasteiger partial charge is 0.497 e. The Labute approximate surface area is 143 Å². The summed E-state index contributed by atoms with van der Waals surface area (Å²) in [6.07, 6.45) is 4.97. The van der Waals surface area contributed by atoms with Crippen LogP contribution in [-0.2, 0) is 6.54 Å². The number of aromatic nitrogens is 1. The molecule has 0 radical (unpaired) electrons. The lowest BCUT2D eigenvalue weighted by Gasteiger charge is -2.36. The van der Waals surface area contributed by atoms with Crippen molar-refractivity contribution in [3.8, 4) is 5.75 Å². The number of pyridine rings is 1. The molecule has 2 aliphatic rings. The third kappa shape index (κ3) is 3.15. The van der Waals surface area contributed by atoms with Gasteiger partial charge in [0.15, 0.2) is 0 Å². The predicted molar refractivity (Wildman–Crippen MR) is 93.4 cm³/mol. The maximum atomic E-state index is 5.39. The van der Waals surface area contributed by atoms with E-state index in [-0.39, 0.29) is 0 Å². The number of hydrogen-bond donors (Lipinski definition) is 2. The minimum atomic E-state index is 0.321. The van der Waals surface area contributed by atoms with Gasteiger partial charge in [-0.15, -0.1) is 0 Å². The maximum absolute atomic E-state index is 5.39. The molecule has 1 aromatic carbocycles. The molecule has 126 valence electrons. The molecule has 24 heavy (non-hydrogen) atoms. The molecule has 0 spiro atoms. The Morgan fingerprint density at radius 2 is 2.21 bits per heavy atom. The van der Waals surface area contributed by atoms with Gasteiger partial charge in [-0.05, 0) is 35.7 Å². The zero-order chi connectivity index (χ0) is 16.4. The van der Waals surface area contributed by atoms with Crippen LogP contribution in [0.3, 0.4) is 0 Å². The van der Waals surface area contributed by atoms with Gasteiger partial charge in [0.2, 0.25) is 0 Å². The number of rotatable bonds is 4. The zero-order valence-electron chi connectivity index (χ0n) is 14.0. The van der Waals surface area contributed by atoms with Crippen molar-refractivity contribution < 1.29 is 4.74 Å². The third-order valence-corrected chi connectivity index (χ3v) is 5.18. The average Bonchev–Trinajstić information content (AvgIpc) is 3.06. The first-order valence-corrected chi connectivity index (χ1v) is 8.60. The molecule has 4 rings (SSSR count). The lowest BCUT2D eigenvalue weighted by atomic mass is 9.85. The van der Waals surface area contributed by atoms with E-state index in [9.17, 15) is 0 Å². The second kappa shape index (κ2) is 6.89. The number of likely N-dealkylation sites (tertiary alicyclic amines) is 1. The Morgan fingerprint density at radius 3 is 3.04 bits per heavy atom. The fraction of sp³-hybridized carbons (Fsp3) is 0.421. The molecule has 2 fully saturated rings. The van der Waals surface area contributed by atoms with E-state index in [4.69, 9.17) is 4.74 Å². The molecule has 0 aliphatic carbocycles. The van der Waals surface area contributed by atoms with Crippen molar-refractivity contribution in [2.24, 2.45) is 5.92 Å². The van der Waals surface area contributed by atoms with Crippen LogP contribution < -0.4 is 15.6 Å². The Bertz CT molecular complexity index is 678. The average molecular weight is 324 g/mol. The monoisotopic (exact) mass is 324 g/mol. The van der Waals surface area contributed by atoms with Crippen molar-refractivity contribution in [1.82, 2.24) is 20.7 Å². The molecule has 2 aliphatic heterocycles. The first-order chi connectivity index (χ1) is 11.8. The number of benzene rings is 1. The summed E-state index contributed by atoms with van der Waals surface area (Å²) < 4.78 is 5.39. The summed E-state index contributed by atoms with van der Waals surface area (Å²) in [5.74, 6) is 1.48. The van der Waals surface area contributed by atoms with Crippen LogP contribution in [0.5, 0.6) is 5.75 Å². The molecule has 0 bridgehead atoms. The van der Waals surface area contributed by atoms with Crippen LogP contribution in [0.2, 0.25) is 0 Å². The molecule has 5 nitrogen and oxygen atoms in total. The number of piperidine rings is 1. The minimum absolute atomic E-state index is 0.321. The van der Waals surface area contributed by atoms with Gasteiger partial charge in [0, 0.05) is 44.0 Å². The number of fused-ring (bicyclic) bond motifs is 1. The van der Waals surface area contributed by atoms with Crippen LogP contribution in [0.15, 0.2) is 48.8 Å². The van der Waals surface area contributed by atoms with E-state index in [1.165, 1.54) is 17.5 Å². The van der Waals surface area contributed by atoms with E-state index < -0.39 is 0 Å². The molecule has 0 amide bonds. The van der Waals surface area contributed by atoms with Gasteiger partial charge >= 0.3 is 0 Å². The van der Waals surface area contributed by atoms with Crippen LogP contribution in [0.25, 0.3) is 0 Å². The number of hydrazine groups is 1. The van der Waals surface area contributed by atoms with E-state index in [0.29, 0.717) is 18.0 Å². The molecular formula is C19H24N4O. The number of nitrogens with zero attached hydrogens (tertiary/aromatic N) is 2. The van der Waals surface area contributed by atoms with Gasteiger partial charge in [0.1, 0.15) is 5.75 Å². The zero-order valence-corrected chi connectivity index (χ0v) is 14.0. The smallest absolute Gasteiger partial charge is 0.119 e. The normalized spacial score (nSPS) is 27.0. The lowest BCUT2D eigenvalue weighted by molar-refractivity contribution is 0.148. The Balaban J connectivity index is 1.48. The Hall–Kier alpha value is -1.95. The highest BCUT2D eigenvalue weighted by Gasteiger charge is 2.40. The van der Waals surface area contributed by atoms with Gasteiger partial charge < -0.3 is 4.74 Å². The third-order valence-electron chi connectivity index (χ3n) is 5.18. The summed E-state index contributed by atoms with van der Waals surface area (Å²) in [5.41, 5.74) is 9.58. The van der Waals surface area contributed by atoms with Crippen molar-refractivity contribution in [1.29, 1.82) is 0 Å². The van der Waals surface area contributed by atoms with Gasteiger partial charge in [-0.3, -0.25) is 15.3 Å². The van der Waals surface area contributed by atoms with Crippen molar-refractivity contribution in [3.05, 3.63) is 59.9 Å². The van der Waals surface area contributed by atoms with Crippen LogP contribution >= 0.6 is 0 Å². The Morgan fingerprint density at radius 1 is 1.25 bits per heavy atom. The predicted octanol–water partition coefficient (Wildman–Crippen LogP) is 2.13. The topological polar surface area (TPSA) is 49.4 Å². The molecule has 2 aromatic rings. The molecule has 3 heterocycles. The van der Waals surface area contributed by atoms with Gasteiger partial charge in [0.05, 0.1) is 13.2 Å². The van der Waals surface area contributed by atoms with Gasteiger partial charge in [0.25, 0.3) is 0 Å². The summed E-state index contributed by atoms with van der Waals surface area (Å²) in [5, 5.41) is 0. The first-order valence-electron chi connectivity index (χ1n) is 8.60. The number of nitrogens with one attached hydrogen (secondary N) is 2. The van der Waals surface area contributed by atoms with E-state index in [1.54, 1.807) is 7.11 Å². The molecule has 2 N–H and O–H groups in total. The second-order valence-corrected chi connectivity index (χ2v) is 6.70. The molecule has 3 unspecified atom stereocenters. The molecule has 3 atom stereocenters. The fourth-order valence-corrected chi connectivity index (χ4v) is 3.93. The summed E-state index contributed by atoms with van der Waals surface area (Å²) >= 11 is 0. The van der Waals surface area contributed by atoms with Gasteiger partial charge in [-0.2, -0.15) is 0 Å². The lowest BCUT2D eigenvalue weighted by Crippen LogP contribution is -2.45. The second-order valence-electron chi connectivity index (χ2n) is 6.70. The van der Waals surface area contributed by atoms with Crippen molar-refractivity contribution >= 4 is 0 Å². The summed E-state index contributed by atoms with van der Waals surface area (Å²) in [4.78, 5) is 6.77. The van der Waals surface area contributed by atoms with Crippen molar-refractivity contribution in [2.75, 3.05) is 20.2 Å². The van der Waals surface area contributed by atoms with Crippen LogP contribution in [-0.4, -0.2) is 36.1 Å². The molecular weight excluding hydrogens is 300 g/mol. The van der Waals surface area contributed by atoms with E-state index in [1.807, 2.05) is 24.5 Å². The van der Waals surface area contributed by atoms with Crippen molar-refractivity contribution in [3.63, 3.8) is 0 Å². The summed E-state index contributed by atoms with van der Waals surface area (Å²) in [7, 11) is 1.72. The number of methoxy groups -OCH3 is 1. The highest BCUT2D eigenvalue weighted by molar-refractivity contribution is 5.32. The van der Waals surface area contributed by atoms with Gasteiger partial charge in [-0.1, -0.05) is 18.2 Å². The molecule has 1 aromatic heterocycles. The Kier molecular flexibility index (Phi) is 4.47. The van der Waals surface area contributed by atoms with E-state index >= 15 is 0 Å². The number of hydrogen-bond acceptors (Lipinski definition) is 5. The van der Waals surface area contributed by atoms with Gasteiger partial charge in [-0.25, -0.2) is 5.43 Å². The van der Waals surface area contributed by atoms with Crippen molar-refractivity contribution in [2.45, 2.75) is 25.0 Å². The SMILES string of the molecule is COc1cccc(C2NNC3CCN(Cc4cccnc4)CC32)c1. The maximum Gasteiger partial charge on any atom is 0.119 e. The summed E-state index contributed by atoms with van der Waals surface area (Å²) in [6, 6.07) is 13.4. The standard InChI is InChI=1S/C19H24N4O/c1-24-16-6-2-5-15(10-16)19-17-13-23(9-7-18(17)21-22-19)12-14-4-3-8-20-11-14/h2-6,8,10-11,17-19,21-22H,7,9,12-13H2,1H3. The first kappa shape index (κ1) is 15.6. The quantitative estimate of drug-likeness (QED) is 0.902. The minimum Gasteiger partial charge on any atom is -0.497 e. The number of ether oxygens (including phenoxy) is 1.